The summed E-state index contributed by atoms with van der Waals surface area (Å²) in [5.74, 6) is -0.116. The Bertz CT molecular complexity index is 534. The Morgan fingerprint density at radius 3 is 2.32 bits per heavy atom. The van der Waals surface area contributed by atoms with Crippen molar-refractivity contribution in [3.63, 3.8) is 0 Å². The first-order valence-corrected chi connectivity index (χ1v) is 8.15. The number of rotatable bonds is 5. The van der Waals surface area contributed by atoms with Crippen LogP contribution in [-0.4, -0.2) is 17.9 Å². The van der Waals surface area contributed by atoms with Gasteiger partial charge in [-0.05, 0) is 51.0 Å². The molecule has 2 rings (SSSR count). The van der Waals surface area contributed by atoms with E-state index in [9.17, 15) is 9.59 Å². The van der Waals surface area contributed by atoms with Crippen molar-refractivity contribution < 1.29 is 9.59 Å². The second kappa shape index (κ2) is 7.14. The standard InChI is InChI=1S/C17H23ClN2O2/c1-12(2)19-15(21)11-17(9-3-4-10-17)16(22)20-14-7-5-13(18)6-8-14/h5-8,12H,3-4,9-11H2,1-2H3,(H,19,21)(H,20,22). The van der Waals surface area contributed by atoms with Gasteiger partial charge >= 0.3 is 0 Å². The van der Waals surface area contributed by atoms with Gasteiger partial charge in [-0.2, -0.15) is 0 Å². The molecular weight excluding hydrogens is 300 g/mol. The summed E-state index contributed by atoms with van der Waals surface area (Å²) in [6, 6.07) is 7.12. The lowest BCUT2D eigenvalue weighted by Crippen LogP contribution is -2.40. The van der Waals surface area contributed by atoms with Gasteiger partial charge in [0.25, 0.3) is 0 Å². The fourth-order valence-corrected chi connectivity index (χ4v) is 3.14. The quantitative estimate of drug-likeness (QED) is 0.867. The van der Waals surface area contributed by atoms with Crippen molar-refractivity contribution >= 4 is 29.1 Å². The molecule has 0 atom stereocenters. The monoisotopic (exact) mass is 322 g/mol. The molecule has 0 unspecified atom stereocenters. The molecule has 0 aliphatic heterocycles. The van der Waals surface area contributed by atoms with Crippen LogP contribution in [0.25, 0.3) is 0 Å². The van der Waals surface area contributed by atoms with Crippen molar-refractivity contribution in [3.8, 4) is 0 Å². The van der Waals surface area contributed by atoms with E-state index >= 15 is 0 Å². The first-order valence-electron chi connectivity index (χ1n) is 7.78. The summed E-state index contributed by atoms with van der Waals surface area (Å²) in [4.78, 5) is 24.8. The van der Waals surface area contributed by atoms with Gasteiger partial charge in [0.05, 0.1) is 5.41 Å². The SMILES string of the molecule is CC(C)NC(=O)CC1(C(=O)Nc2ccc(Cl)cc2)CCCC1. The largest absolute Gasteiger partial charge is 0.354 e. The Morgan fingerprint density at radius 2 is 1.77 bits per heavy atom. The minimum absolute atomic E-state index is 0.0526. The van der Waals surface area contributed by atoms with Crippen molar-refractivity contribution in [2.24, 2.45) is 5.41 Å². The molecule has 0 aromatic heterocycles. The molecule has 22 heavy (non-hydrogen) atoms. The Kier molecular flexibility index (Phi) is 5.46. The van der Waals surface area contributed by atoms with E-state index in [0.717, 1.165) is 25.7 Å². The summed E-state index contributed by atoms with van der Waals surface area (Å²) in [5.41, 5.74) is 0.128. The molecule has 0 saturated heterocycles. The van der Waals surface area contributed by atoms with Gasteiger partial charge in [-0.15, -0.1) is 0 Å². The van der Waals surface area contributed by atoms with E-state index in [1.165, 1.54) is 0 Å². The lowest BCUT2D eigenvalue weighted by atomic mass is 9.81. The normalized spacial score (nSPS) is 16.5. The maximum Gasteiger partial charge on any atom is 0.231 e. The second-order valence-corrected chi connectivity index (χ2v) is 6.78. The lowest BCUT2D eigenvalue weighted by Gasteiger charge is -2.27. The van der Waals surface area contributed by atoms with E-state index in [1.54, 1.807) is 24.3 Å². The minimum atomic E-state index is -0.585. The van der Waals surface area contributed by atoms with Crippen LogP contribution in [0.15, 0.2) is 24.3 Å². The molecular formula is C17H23ClN2O2. The van der Waals surface area contributed by atoms with Crippen LogP contribution in [-0.2, 0) is 9.59 Å². The number of amides is 2. The molecule has 4 nitrogen and oxygen atoms in total. The predicted octanol–water partition coefficient (Wildman–Crippen LogP) is 3.75. The number of carbonyl (C=O) groups excluding carboxylic acids is 2. The summed E-state index contributed by atoms with van der Waals surface area (Å²) < 4.78 is 0. The second-order valence-electron chi connectivity index (χ2n) is 6.35. The molecule has 1 fully saturated rings. The topological polar surface area (TPSA) is 58.2 Å². The van der Waals surface area contributed by atoms with Gasteiger partial charge in [0.15, 0.2) is 0 Å². The van der Waals surface area contributed by atoms with Gasteiger partial charge in [0.2, 0.25) is 11.8 Å². The van der Waals surface area contributed by atoms with Gasteiger partial charge in [-0.3, -0.25) is 9.59 Å². The first kappa shape index (κ1) is 16.8. The number of hydrogen-bond donors (Lipinski definition) is 2. The summed E-state index contributed by atoms with van der Waals surface area (Å²) in [6.07, 6.45) is 3.76. The number of hydrogen-bond acceptors (Lipinski definition) is 2. The average Bonchev–Trinajstić information content (AvgIpc) is 2.90. The van der Waals surface area contributed by atoms with E-state index in [2.05, 4.69) is 10.6 Å². The van der Waals surface area contributed by atoms with Crippen molar-refractivity contribution in [2.75, 3.05) is 5.32 Å². The van der Waals surface area contributed by atoms with E-state index in [-0.39, 0.29) is 24.3 Å². The highest BCUT2D eigenvalue weighted by atomic mass is 35.5. The summed E-state index contributed by atoms with van der Waals surface area (Å²) in [6.45, 7) is 3.85. The van der Waals surface area contributed by atoms with Crippen LogP contribution >= 0.6 is 11.6 Å². The van der Waals surface area contributed by atoms with Crippen LogP contribution in [0.1, 0.15) is 46.0 Å². The smallest absolute Gasteiger partial charge is 0.231 e. The Morgan fingerprint density at radius 1 is 1.18 bits per heavy atom. The lowest BCUT2D eigenvalue weighted by molar-refractivity contribution is -0.132. The molecule has 1 aromatic rings. The van der Waals surface area contributed by atoms with Crippen molar-refractivity contribution in [2.45, 2.75) is 52.0 Å². The molecule has 1 saturated carbocycles. The molecule has 0 spiro atoms. The zero-order valence-corrected chi connectivity index (χ0v) is 13.9. The summed E-state index contributed by atoms with van der Waals surface area (Å²) in [7, 11) is 0. The van der Waals surface area contributed by atoms with Crippen LogP contribution in [0, 0.1) is 5.41 Å². The Balaban J connectivity index is 2.07. The number of halogens is 1. The van der Waals surface area contributed by atoms with Crippen LogP contribution in [0.3, 0.4) is 0 Å². The number of benzene rings is 1. The molecule has 2 amide bonds. The molecule has 0 bridgehead atoms. The van der Waals surface area contributed by atoms with E-state index in [0.29, 0.717) is 10.7 Å². The summed E-state index contributed by atoms with van der Waals surface area (Å²) in [5, 5.41) is 6.45. The molecule has 0 radical (unpaired) electrons. The van der Waals surface area contributed by atoms with Crippen molar-refractivity contribution in [1.29, 1.82) is 0 Å². The highest BCUT2D eigenvalue weighted by Gasteiger charge is 2.42. The first-order chi connectivity index (χ1) is 10.4. The number of nitrogens with one attached hydrogen (secondary N) is 2. The van der Waals surface area contributed by atoms with Gasteiger partial charge in [0, 0.05) is 23.2 Å². The van der Waals surface area contributed by atoms with Crippen LogP contribution in [0.5, 0.6) is 0 Å². The zero-order chi connectivity index (χ0) is 16.2. The van der Waals surface area contributed by atoms with Gasteiger partial charge in [0.1, 0.15) is 0 Å². The van der Waals surface area contributed by atoms with Crippen molar-refractivity contribution in [3.05, 3.63) is 29.3 Å². The average molecular weight is 323 g/mol. The third-order valence-corrected chi connectivity index (χ3v) is 4.35. The fraction of sp³-hybridized carbons (Fsp3) is 0.529. The third-order valence-electron chi connectivity index (χ3n) is 4.09. The Hall–Kier alpha value is -1.55. The molecule has 1 aliphatic rings. The zero-order valence-electron chi connectivity index (χ0n) is 13.1. The summed E-state index contributed by atoms with van der Waals surface area (Å²) >= 11 is 5.85. The molecule has 5 heteroatoms. The Labute approximate surface area is 136 Å². The van der Waals surface area contributed by atoms with E-state index < -0.39 is 5.41 Å². The highest BCUT2D eigenvalue weighted by Crippen LogP contribution is 2.42. The maximum absolute atomic E-state index is 12.7. The third kappa shape index (κ3) is 4.23. The minimum Gasteiger partial charge on any atom is -0.354 e. The number of carbonyl (C=O) groups is 2. The van der Waals surface area contributed by atoms with Crippen LogP contribution in [0.4, 0.5) is 5.69 Å². The molecule has 1 aliphatic carbocycles. The van der Waals surface area contributed by atoms with Crippen LogP contribution < -0.4 is 10.6 Å². The molecule has 120 valence electrons. The van der Waals surface area contributed by atoms with Gasteiger partial charge < -0.3 is 10.6 Å². The molecule has 0 heterocycles. The van der Waals surface area contributed by atoms with Gasteiger partial charge in [-0.25, -0.2) is 0 Å². The molecule has 1 aromatic carbocycles. The number of anilines is 1. The van der Waals surface area contributed by atoms with E-state index in [1.807, 2.05) is 13.8 Å². The fourth-order valence-electron chi connectivity index (χ4n) is 3.01. The molecule has 2 N–H and O–H groups in total. The predicted molar refractivity (Wildman–Crippen MR) is 88.9 cm³/mol. The van der Waals surface area contributed by atoms with Crippen molar-refractivity contribution in [1.82, 2.24) is 5.32 Å². The van der Waals surface area contributed by atoms with Crippen LogP contribution in [0.2, 0.25) is 5.02 Å². The van der Waals surface area contributed by atoms with E-state index in [4.69, 9.17) is 11.6 Å². The van der Waals surface area contributed by atoms with Gasteiger partial charge in [-0.1, -0.05) is 24.4 Å². The highest BCUT2D eigenvalue weighted by molar-refractivity contribution is 6.30. The maximum atomic E-state index is 12.7.